The van der Waals surface area contributed by atoms with Crippen LogP contribution in [0, 0.1) is 0 Å². The van der Waals surface area contributed by atoms with Crippen LogP contribution in [0.3, 0.4) is 0 Å². The molecule has 22 heavy (non-hydrogen) atoms. The Morgan fingerprint density at radius 2 is 1.95 bits per heavy atom. The van der Waals surface area contributed by atoms with Crippen molar-refractivity contribution in [2.45, 2.75) is 51.7 Å². The summed E-state index contributed by atoms with van der Waals surface area (Å²) in [5.41, 5.74) is 0.927. The molecule has 0 saturated carbocycles. The SMILES string of the molecule is C=CCCCCCC(=O)NC(C)C(=O)OCc1ccccc1. The molecule has 1 atom stereocenters. The highest BCUT2D eigenvalue weighted by Gasteiger charge is 2.16. The first-order valence-corrected chi connectivity index (χ1v) is 7.74. The second-order valence-electron chi connectivity index (χ2n) is 5.27. The van der Waals surface area contributed by atoms with Gasteiger partial charge in [0.05, 0.1) is 0 Å². The number of hydrogen-bond acceptors (Lipinski definition) is 3. The van der Waals surface area contributed by atoms with Crippen LogP contribution in [-0.2, 0) is 20.9 Å². The molecule has 0 aliphatic carbocycles. The van der Waals surface area contributed by atoms with E-state index in [-0.39, 0.29) is 12.5 Å². The number of ether oxygens (including phenoxy) is 1. The van der Waals surface area contributed by atoms with Crippen molar-refractivity contribution in [1.82, 2.24) is 5.32 Å². The number of carbonyl (C=O) groups is 2. The van der Waals surface area contributed by atoms with E-state index in [2.05, 4.69) is 11.9 Å². The van der Waals surface area contributed by atoms with Crippen molar-refractivity contribution in [2.24, 2.45) is 0 Å². The lowest BCUT2D eigenvalue weighted by atomic mass is 10.1. The number of carbonyl (C=O) groups excluding carboxylic acids is 2. The van der Waals surface area contributed by atoms with E-state index in [1.54, 1.807) is 6.92 Å². The van der Waals surface area contributed by atoms with Gasteiger partial charge in [-0.1, -0.05) is 42.8 Å². The van der Waals surface area contributed by atoms with Crippen LogP contribution in [0.15, 0.2) is 43.0 Å². The molecule has 0 spiro atoms. The summed E-state index contributed by atoms with van der Waals surface area (Å²) in [5, 5.41) is 2.67. The maximum atomic E-state index is 11.8. The van der Waals surface area contributed by atoms with Gasteiger partial charge in [0, 0.05) is 6.42 Å². The topological polar surface area (TPSA) is 55.4 Å². The molecule has 0 aliphatic heterocycles. The largest absolute Gasteiger partial charge is 0.459 e. The normalized spacial score (nSPS) is 11.5. The quantitative estimate of drug-likeness (QED) is 0.409. The van der Waals surface area contributed by atoms with E-state index in [0.29, 0.717) is 6.42 Å². The number of esters is 1. The summed E-state index contributed by atoms with van der Waals surface area (Å²) in [6.45, 7) is 5.53. The Morgan fingerprint density at radius 3 is 2.64 bits per heavy atom. The van der Waals surface area contributed by atoms with E-state index >= 15 is 0 Å². The zero-order valence-electron chi connectivity index (χ0n) is 13.2. The van der Waals surface area contributed by atoms with Crippen molar-refractivity contribution >= 4 is 11.9 Å². The van der Waals surface area contributed by atoms with E-state index < -0.39 is 12.0 Å². The molecule has 0 aliphatic rings. The minimum Gasteiger partial charge on any atom is -0.459 e. The highest BCUT2D eigenvalue weighted by molar-refractivity contribution is 5.84. The van der Waals surface area contributed by atoms with Gasteiger partial charge >= 0.3 is 5.97 Å². The molecular weight excluding hydrogens is 278 g/mol. The monoisotopic (exact) mass is 303 g/mol. The lowest BCUT2D eigenvalue weighted by molar-refractivity contribution is -0.148. The second kappa shape index (κ2) is 10.6. The Hall–Kier alpha value is -2.10. The number of allylic oxidation sites excluding steroid dienone is 1. The standard InChI is InChI=1S/C18H25NO3/c1-3-4-5-6-10-13-17(20)19-15(2)18(21)22-14-16-11-8-7-9-12-16/h3,7-9,11-12,15H,1,4-6,10,13-14H2,2H3,(H,19,20). The molecule has 0 bridgehead atoms. The van der Waals surface area contributed by atoms with Gasteiger partial charge in [0.2, 0.25) is 5.91 Å². The van der Waals surface area contributed by atoms with Crippen LogP contribution >= 0.6 is 0 Å². The predicted octanol–water partition coefficient (Wildman–Crippen LogP) is 3.37. The smallest absolute Gasteiger partial charge is 0.328 e. The average molecular weight is 303 g/mol. The molecule has 0 heterocycles. The number of unbranched alkanes of at least 4 members (excludes halogenated alkanes) is 3. The third-order valence-corrected chi connectivity index (χ3v) is 3.27. The first kappa shape index (κ1) is 18.0. The van der Waals surface area contributed by atoms with Crippen molar-refractivity contribution in [3.05, 3.63) is 48.6 Å². The summed E-state index contributed by atoms with van der Waals surface area (Å²) in [5.74, 6) is -0.522. The number of rotatable bonds is 10. The van der Waals surface area contributed by atoms with Crippen molar-refractivity contribution < 1.29 is 14.3 Å². The maximum Gasteiger partial charge on any atom is 0.328 e. The molecule has 1 amide bonds. The zero-order chi connectivity index (χ0) is 16.2. The van der Waals surface area contributed by atoms with Gasteiger partial charge in [-0.15, -0.1) is 6.58 Å². The van der Waals surface area contributed by atoms with Gasteiger partial charge in [0.1, 0.15) is 12.6 Å². The van der Waals surface area contributed by atoms with E-state index in [9.17, 15) is 9.59 Å². The average Bonchev–Trinajstić information content (AvgIpc) is 2.53. The molecule has 1 aromatic carbocycles. The van der Waals surface area contributed by atoms with Gasteiger partial charge in [0.25, 0.3) is 0 Å². The third-order valence-electron chi connectivity index (χ3n) is 3.27. The minimum absolute atomic E-state index is 0.109. The van der Waals surface area contributed by atoms with Gasteiger partial charge in [0.15, 0.2) is 0 Å². The van der Waals surface area contributed by atoms with Gasteiger partial charge in [-0.05, 0) is 31.7 Å². The Morgan fingerprint density at radius 1 is 1.23 bits per heavy atom. The molecule has 4 heteroatoms. The van der Waals surface area contributed by atoms with E-state index in [1.165, 1.54) is 0 Å². The van der Waals surface area contributed by atoms with Gasteiger partial charge < -0.3 is 10.1 Å². The van der Waals surface area contributed by atoms with Crippen LogP contribution in [0.5, 0.6) is 0 Å². The third kappa shape index (κ3) is 7.62. The summed E-state index contributed by atoms with van der Waals surface area (Å²) >= 11 is 0. The van der Waals surface area contributed by atoms with Crippen LogP contribution in [0.4, 0.5) is 0 Å². The van der Waals surface area contributed by atoms with E-state index in [0.717, 1.165) is 31.2 Å². The maximum absolute atomic E-state index is 11.8. The Labute approximate surface area is 132 Å². The summed E-state index contributed by atoms with van der Waals surface area (Å²) < 4.78 is 5.18. The van der Waals surface area contributed by atoms with Crippen LogP contribution in [-0.4, -0.2) is 17.9 Å². The summed E-state index contributed by atoms with van der Waals surface area (Å²) in [6, 6.07) is 8.84. The summed E-state index contributed by atoms with van der Waals surface area (Å²) in [6.07, 6.45) is 6.16. The highest BCUT2D eigenvalue weighted by atomic mass is 16.5. The molecule has 0 saturated heterocycles. The Bertz CT molecular complexity index is 470. The summed E-state index contributed by atoms with van der Waals surface area (Å²) in [7, 11) is 0. The lowest BCUT2D eigenvalue weighted by Crippen LogP contribution is -2.39. The Balaban J connectivity index is 2.20. The number of benzene rings is 1. The minimum atomic E-state index is -0.621. The molecule has 1 N–H and O–H groups in total. The van der Waals surface area contributed by atoms with Gasteiger partial charge in [-0.2, -0.15) is 0 Å². The fourth-order valence-electron chi connectivity index (χ4n) is 1.98. The molecule has 120 valence electrons. The molecule has 0 fully saturated rings. The van der Waals surface area contributed by atoms with Crippen LogP contribution in [0.25, 0.3) is 0 Å². The zero-order valence-corrected chi connectivity index (χ0v) is 13.2. The number of nitrogens with one attached hydrogen (secondary N) is 1. The van der Waals surface area contributed by atoms with Crippen molar-refractivity contribution in [3.63, 3.8) is 0 Å². The Kier molecular flexibility index (Phi) is 8.65. The first-order valence-electron chi connectivity index (χ1n) is 7.74. The highest BCUT2D eigenvalue weighted by Crippen LogP contribution is 2.04. The van der Waals surface area contributed by atoms with E-state index in [1.807, 2.05) is 36.4 Å². The second-order valence-corrected chi connectivity index (χ2v) is 5.27. The van der Waals surface area contributed by atoms with Crippen molar-refractivity contribution in [1.29, 1.82) is 0 Å². The predicted molar refractivity (Wildman–Crippen MR) is 87.1 cm³/mol. The number of amides is 1. The lowest BCUT2D eigenvalue weighted by Gasteiger charge is -2.13. The molecule has 1 unspecified atom stereocenters. The van der Waals surface area contributed by atoms with Crippen molar-refractivity contribution in [3.8, 4) is 0 Å². The molecule has 4 nitrogen and oxygen atoms in total. The molecule has 0 aromatic heterocycles. The molecule has 1 rings (SSSR count). The fourth-order valence-corrected chi connectivity index (χ4v) is 1.98. The van der Waals surface area contributed by atoms with Gasteiger partial charge in [-0.3, -0.25) is 4.79 Å². The van der Waals surface area contributed by atoms with Crippen molar-refractivity contribution in [2.75, 3.05) is 0 Å². The summed E-state index contributed by atoms with van der Waals surface area (Å²) in [4.78, 5) is 23.5. The molecule has 1 aromatic rings. The van der Waals surface area contributed by atoms with Crippen LogP contribution < -0.4 is 5.32 Å². The number of hydrogen-bond donors (Lipinski definition) is 1. The van der Waals surface area contributed by atoms with Crippen LogP contribution in [0.2, 0.25) is 0 Å². The molecular formula is C18H25NO3. The van der Waals surface area contributed by atoms with Gasteiger partial charge in [-0.25, -0.2) is 4.79 Å². The fraction of sp³-hybridized carbons (Fsp3) is 0.444. The first-order chi connectivity index (χ1) is 10.6. The van der Waals surface area contributed by atoms with E-state index in [4.69, 9.17) is 4.74 Å². The van der Waals surface area contributed by atoms with Crippen LogP contribution in [0.1, 0.15) is 44.6 Å². The molecule has 0 radical (unpaired) electrons.